The first-order valence-electron chi connectivity index (χ1n) is 8.36. The Hall–Kier alpha value is -1.96. The fourth-order valence-corrected chi connectivity index (χ4v) is 2.93. The second kappa shape index (κ2) is 9.36. The van der Waals surface area contributed by atoms with Gasteiger partial charge in [0.05, 0.1) is 6.61 Å². The van der Waals surface area contributed by atoms with E-state index in [1.54, 1.807) is 6.92 Å². The SMILES string of the molecule is CCNC(=O)NC(=O)C(c1ccccc1)N1CCN(CCO)CC1. The average molecular weight is 334 g/mol. The largest absolute Gasteiger partial charge is 0.395 e. The Morgan fingerprint density at radius 3 is 2.42 bits per heavy atom. The molecule has 1 saturated heterocycles. The predicted octanol–water partition coefficient (Wildman–Crippen LogP) is 0.183. The summed E-state index contributed by atoms with van der Waals surface area (Å²) in [4.78, 5) is 28.6. The molecule has 3 N–H and O–H groups in total. The van der Waals surface area contributed by atoms with Crippen molar-refractivity contribution in [2.45, 2.75) is 13.0 Å². The van der Waals surface area contributed by atoms with E-state index in [1.165, 1.54) is 0 Å². The lowest BCUT2D eigenvalue weighted by Gasteiger charge is -2.38. The van der Waals surface area contributed by atoms with Gasteiger partial charge in [-0.1, -0.05) is 30.3 Å². The van der Waals surface area contributed by atoms with Crippen molar-refractivity contribution < 1.29 is 14.7 Å². The van der Waals surface area contributed by atoms with Crippen molar-refractivity contribution in [1.29, 1.82) is 0 Å². The Morgan fingerprint density at radius 1 is 1.17 bits per heavy atom. The van der Waals surface area contributed by atoms with Gasteiger partial charge in [-0.25, -0.2) is 4.79 Å². The third-order valence-electron chi connectivity index (χ3n) is 4.13. The van der Waals surface area contributed by atoms with Crippen molar-refractivity contribution in [3.63, 3.8) is 0 Å². The Kier molecular flexibility index (Phi) is 7.17. The molecule has 24 heavy (non-hydrogen) atoms. The van der Waals surface area contributed by atoms with Gasteiger partial charge in [-0.2, -0.15) is 0 Å². The number of carbonyl (C=O) groups is 2. The van der Waals surface area contributed by atoms with Crippen molar-refractivity contribution in [3.05, 3.63) is 35.9 Å². The third-order valence-corrected chi connectivity index (χ3v) is 4.13. The van der Waals surface area contributed by atoms with Crippen LogP contribution in [0.4, 0.5) is 4.79 Å². The van der Waals surface area contributed by atoms with E-state index in [9.17, 15) is 9.59 Å². The van der Waals surface area contributed by atoms with Crippen LogP contribution in [0.1, 0.15) is 18.5 Å². The first-order valence-corrected chi connectivity index (χ1v) is 8.36. The van der Waals surface area contributed by atoms with E-state index >= 15 is 0 Å². The molecule has 7 nitrogen and oxygen atoms in total. The van der Waals surface area contributed by atoms with E-state index in [1.807, 2.05) is 30.3 Å². The number of β-amino-alcohol motifs (C(OH)–C–C–N with tert-alkyl or cyclic N) is 1. The van der Waals surface area contributed by atoms with Crippen molar-refractivity contribution >= 4 is 11.9 Å². The number of piperazine rings is 1. The van der Waals surface area contributed by atoms with Gasteiger partial charge in [0, 0.05) is 39.3 Å². The van der Waals surface area contributed by atoms with E-state index in [-0.39, 0.29) is 12.5 Å². The quantitative estimate of drug-likeness (QED) is 0.691. The van der Waals surface area contributed by atoms with Crippen molar-refractivity contribution in [1.82, 2.24) is 20.4 Å². The average Bonchev–Trinajstić information content (AvgIpc) is 2.58. The van der Waals surface area contributed by atoms with E-state index in [4.69, 9.17) is 5.11 Å². The molecule has 0 aliphatic carbocycles. The number of carbonyl (C=O) groups excluding carboxylic acids is 2. The maximum Gasteiger partial charge on any atom is 0.321 e. The summed E-state index contributed by atoms with van der Waals surface area (Å²) in [5.74, 6) is -0.317. The summed E-state index contributed by atoms with van der Waals surface area (Å²) in [6.45, 7) is 6.06. The summed E-state index contributed by atoms with van der Waals surface area (Å²) < 4.78 is 0. The highest BCUT2D eigenvalue weighted by Crippen LogP contribution is 2.22. The van der Waals surface area contributed by atoms with Gasteiger partial charge < -0.3 is 10.4 Å². The predicted molar refractivity (Wildman–Crippen MR) is 91.5 cm³/mol. The molecule has 0 aromatic heterocycles. The van der Waals surface area contributed by atoms with Crippen LogP contribution in [0.3, 0.4) is 0 Å². The van der Waals surface area contributed by atoms with Gasteiger partial charge in [0.2, 0.25) is 5.91 Å². The third kappa shape index (κ3) is 5.02. The van der Waals surface area contributed by atoms with Crippen LogP contribution in [0.5, 0.6) is 0 Å². The van der Waals surface area contributed by atoms with Gasteiger partial charge in [0.1, 0.15) is 6.04 Å². The Balaban J connectivity index is 2.09. The highest BCUT2D eigenvalue weighted by Gasteiger charge is 2.31. The molecule has 1 aromatic carbocycles. The lowest BCUT2D eigenvalue weighted by molar-refractivity contribution is -0.126. The Labute approximate surface area is 142 Å². The molecule has 1 aliphatic heterocycles. The number of urea groups is 1. The van der Waals surface area contributed by atoms with Crippen LogP contribution in [-0.2, 0) is 4.79 Å². The van der Waals surface area contributed by atoms with Crippen LogP contribution < -0.4 is 10.6 Å². The number of imide groups is 1. The zero-order chi connectivity index (χ0) is 17.4. The molecule has 1 heterocycles. The maximum absolute atomic E-state index is 12.7. The number of nitrogens with zero attached hydrogens (tertiary/aromatic N) is 2. The fraction of sp³-hybridized carbons (Fsp3) is 0.529. The lowest BCUT2D eigenvalue weighted by Crippen LogP contribution is -2.52. The Morgan fingerprint density at radius 2 is 1.83 bits per heavy atom. The number of amides is 3. The van der Waals surface area contributed by atoms with E-state index in [0.29, 0.717) is 26.2 Å². The number of aliphatic hydroxyl groups is 1. The van der Waals surface area contributed by atoms with Crippen LogP contribution in [0, 0.1) is 0 Å². The summed E-state index contributed by atoms with van der Waals surface area (Å²) >= 11 is 0. The fourth-order valence-electron chi connectivity index (χ4n) is 2.93. The number of hydrogen-bond acceptors (Lipinski definition) is 5. The minimum atomic E-state index is -0.495. The number of nitrogens with one attached hydrogen (secondary N) is 2. The second-order valence-corrected chi connectivity index (χ2v) is 5.76. The summed E-state index contributed by atoms with van der Waals surface area (Å²) in [5.41, 5.74) is 0.870. The summed E-state index contributed by atoms with van der Waals surface area (Å²) in [7, 11) is 0. The van der Waals surface area contributed by atoms with Crippen molar-refractivity contribution in [2.75, 3.05) is 45.9 Å². The first-order chi connectivity index (χ1) is 11.7. The molecule has 7 heteroatoms. The minimum absolute atomic E-state index is 0.139. The molecule has 0 radical (unpaired) electrons. The number of rotatable bonds is 6. The molecule has 0 bridgehead atoms. The molecule has 1 aliphatic rings. The van der Waals surface area contributed by atoms with Crippen molar-refractivity contribution in [3.8, 4) is 0 Å². The molecule has 3 amide bonds. The molecule has 132 valence electrons. The second-order valence-electron chi connectivity index (χ2n) is 5.76. The monoisotopic (exact) mass is 334 g/mol. The summed E-state index contributed by atoms with van der Waals surface area (Å²) in [6.07, 6.45) is 0. The minimum Gasteiger partial charge on any atom is -0.395 e. The van der Waals surface area contributed by atoms with Crippen LogP contribution in [0.15, 0.2) is 30.3 Å². The van der Waals surface area contributed by atoms with Gasteiger partial charge in [-0.3, -0.25) is 19.9 Å². The number of hydrogen-bond donors (Lipinski definition) is 3. The molecular weight excluding hydrogens is 308 g/mol. The molecule has 0 saturated carbocycles. The molecule has 1 aromatic rings. The highest BCUT2D eigenvalue weighted by atomic mass is 16.3. The van der Waals surface area contributed by atoms with E-state index in [0.717, 1.165) is 18.7 Å². The van der Waals surface area contributed by atoms with Gasteiger partial charge in [-0.05, 0) is 12.5 Å². The maximum atomic E-state index is 12.7. The number of benzene rings is 1. The van der Waals surface area contributed by atoms with Crippen LogP contribution in [-0.4, -0.2) is 72.7 Å². The molecule has 0 spiro atoms. The summed E-state index contributed by atoms with van der Waals surface area (Å²) in [5, 5.41) is 14.1. The molecule has 1 unspecified atom stereocenters. The highest BCUT2D eigenvalue weighted by molar-refractivity contribution is 5.97. The lowest BCUT2D eigenvalue weighted by atomic mass is 10.0. The van der Waals surface area contributed by atoms with E-state index in [2.05, 4.69) is 20.4 Å². The molecule has 1 atom stereocenters. The van der Waals surface area contributed by atoms with Gasteiger partial charge in [0.15, 0.2) is 0 Å². The van der Waals surface area contributed by atoms with Gasteiger partial charge in [-0.15, -0.1) is 0 Å². The van der Waals surface area contributed by atoms with Crippen LogP contribution >= 0.6 is 0 Å². The van der Waals surface area contributed by atoms with Crippen LogP contribution in [0.25, 0.3) is 0 Å². The topological polar surface area (TPSA) is 84.9 Å². The number of aliphatic hydroxyl groups excluding tert-OH is 1. The Bertz CT molecular complexity index is 530. The zero-order valence-electron chi connectivity index (χ0n) is 14.1. The first kappa shape index (κ1) is 18.4. The van der Waals surface area contributed by atoms with Crippen LogP contribution in [0.2, 0.25) is 0 Å². The normalized spacial score (nSPS) is 17.2. The van der Waals surface area contributed by atoms with E-state index < -0.39 is 12.1 Å². The standard InChI is InChI=1S/C17H26N4O3/c1-2-18-17(24)19-16(23)15(14-6-4-3-5-7-14)21-10-8-20(9-11-21)12-13-22/h3-7,15,22H,2,8-13H2,1H3,(H2,18,19,23,24). The molecular formula is C17H26N4O3. The molecule has 1 fully saturated rings. The summed E-state index contributed by atoms with van der Waals surface area (Å²) in [6, 6.07) is 8.53. The zero-order valence-corrected chi connectivity index (χ0v) is 14.1. The van der Waals surface area contributed by atoms with Gasteiger partial charge in [0.25, 0.3) is 0 Å². The van der Waals surface area contributed by atoms with Crippen molar-refractivity contribution in [2.24, 2.45) is 0 Å². The smallest absolute Gasteiger partial charge is 0.321 e. The van der Waals surface area contributed by atoms with Gasteiger partial charge >= 0.3 is 6.03 Å². The molecule has 2 rings (SSSR count).